The number of Topliss-reactive ketones (excluding diaryl/α,β-unsaturated/α-hetero) is 1. The highest BCUT2D eigenvalue weighted by Crippen LogP contribution is 2.27. The molecule has 186 valence electrons. The van der Waals surface area contributed by atoms with E-state index >= 15 is 0 Å². The largest absolute Gasteiger partial charge is 0.472 e. The number of nitrogens with one attached hydrogen (secondary N) is 1. The summed E-state index contributed by atoms with van der Waals surface area (Å²) in [5.74, 6) is -1.00. The monoisotopic (exact) mass is 519 g/mol. The average Bonchev–Trinajstić information content (AvgIpc) is 3.35. The normalized spacial score (nSPS) is 13.7. The fourth-order valence-electron chi connectivity index (χ4n) is 3.71. The van der Waals surface area contributed by atoms with Crippen LogP contribution in [0.3, 0.4) is 0 Å². The van der Waals surface area contributed by atoms with Crippen molar-refractivity contribution in [3.63, 3.8) is 0 Å². The second-order valence-electron chi connectivity index (χ2n) is 8.20. The number of rotatable bonds is 12. The summed E-state index contributed by atoms with van der Waals surface area (Å²) in [5.41, 5.74) is 3.32. The molecule has 0 aliphatic carbocycles. The first-order chi connectivity index (χ1) is 16.8. The van der Waals surface area contributed by atoms with Crippen molar-refractivity contribution in [2.75, 3.05) is 13.7 Å². The molecular formula is C26H27Cl2NO6. The van der Waals surface area contributed by atoms with E-state index in [9.17, 15) is 19.8 Å². The standard InChI is InChI=1S/C26H27Cl2NO6/c1-34-15-24(31)29-22(25(32)26(33)23(30)7-4-17-8-9-35-14-17)10-16-2-5-18(6-3-16)19-11-20(27)13-21(28)12-19/h2-3,5-6,8-9,11-14,22,25-26,32-33H,4,7,10,15H2,1H3,(H,29,31)/t22-,25-,26-/m0/s1. The van der Waals surface area contributed by atoms with Crippen molar-refractivity contribution in [3.05, 3.63) is 82.2 Å². The predicted octanol–water partition coefficient (Wildman–Crippen LogP) is 3.85. The van der Waals surface area contributed by atoms with Crippen molar-refractivity contribution in [2.45, 2.75) is 37.5 Å². The van der Waals surface area contributed by atoms with E-state index in [1.54, 1.807) is 24.3 Å². The van der Waals surface area contributed by atoms with Gasteiger partial charge in [-0.3, -0.25) is 9.59 Å². The Bertz CT molecular complexity index is 1100. The molecule has 3 atom stereocenters. The van der Waals surface area contributed by atoms with Gasteiger partial charge in [0.05, 0.1) is 18.6 Å². The van der Waals surface area contributed by atoms with Crippen molar-refractivity contribution in [1.29, 1.82) is 0 Å². The Morgan fingerprint density at radius 1 is 1.00 bits per heavy atom. The van der Waals surface area contributed by atoms with Crippen molar-refractivity contribution >= 4 is 34.9 Å². The van der Waals surface area contributed by atoms with Crippen LogP contribution in [0.2, 0.25) is 10.0 Å². The molecule has 3 rings (SSSR count). The fraction of sp³-hybridized carbons (Fsp3) is 0.308. The molecule has 9 heteroatoms. The average molecular weight is 520 g/mol. The maximum Gasteiger partial charge on any atom is 0.246 e. The van der Waals surface area contributed by atoms with Crippen molar-refractivity contribution in [1.82, 2.24) is 5.32 Å². The van der Waals surface area contributed by atoms with Crippen LogP contribution >= 0.6 is 23.2 Å². The maximum absolute atomic E-state index is 12.5. The van der Waals surface area contributed by atoms with Crippen LogP contribution in [-0.4, -0.2) is 53.9 Å². The lowest BCUT2D eigenvalue weighted by molar-refractivity contribution is -0.136. The lowest BCUT2D eigenvalue weighted by Gasteiger charge is -2.27. The summed E-state index contributed by atoms with van der Waals surface area (Å²) in [5, 5.41) is 25.0. The Balaban J connectivity index is 1.72. The number of benzene rings is 2. The molecule has 1 heterocycles. The highest BCUT2D eigenvalue weighted by atomic mass is 35.5. The van der Waals surface area contributed by atoms with Gasteiger partial charge in [-0.25, -0.2) is 0 Å². The highest BCUT2D eigenvalue weighted by molar-refractivity contribution is 6.35. The zero-order valence-corrected chi connectivity index (χ0v) is 20.6. The first-order valence-electron chi connectivity index (χ1n) is 11.0. The molecule has 0 bridgehead atoms. The van der Waals surface area contributed by atoms with E-state index < -0.39 is 29.9 Å². The number of amides is 1. The van der Waals surface area contributed by atoms with Gasteiger partial charge in [0.25, 0.3) is 0 Å². The number of hydrogen-bond acceptors (Lipinski definition) is 6. The van der Waals surface area contributed by atoms with Gasteiger partial charge >= 0.3 is 0 Å². The summed E-state index contributed by atoms with van der Waals surface area (Å²) >= 11 is 12.2. The third kappa shape index (κ3) is 7.92. The second-order valence-corrected chi connectivity index (χ2v) is 9.07. The van der Waals surface area contributed by atoms with E-state index in [0.29, 0.717) is 16.5 Å². The van der Waals surface area contributed by atoms with Crippen LogP contribution in [-0.2, 0) is 27.2 Å². The number of halogens is 2. The molecule has 0 radical (unpaired) electrons. The Morgan fingerprint density at radius 3 is 2.29 bits per heavy atom. The Morgan fingerprint density at radius 2 is 1.69 bits per heavy atom. The summed E-state index contributed by atoms with van der Waals surface area (Å²) < 4.78 is 9.83. The minimum absolute atomic E-state index is 0.0212. The minimum Gasteiger partial charge on any atom is -0.472 e. The quantitative estimate of drug-likeness (QED) is 0.335. The lowest BCUT2D eigenvalue weighted by atomic mass is 9.93. The molecule has 0 unspecified atom stereocenters. The number of ether oxygens (including phenoxy) is 1. The van der Waals surface area contributed by atoms with Gasteiger partial charge in [0, 0.05) is 23.6 Å². The van der Waals surface area contributed by atoms with Gasteiger partial charge < -0.3 is 24.7 Å². The molecule has 35 heavy (non-hydrogen) atoms. The number of furan rings is 1. The Kier molecular flexibility index (Phi) is 9.89. The number of methoxy groups -OCH3 is 1. The molecule has 0 aliphatic heterocycles. The number of ketones is 1. The highest BCUT2D eigenvalue weighted by Gasteiger charge is 2.32. The maximum atomic E-state index is 12.5. The predicted molar refractivity (Wildman–Crippen MR) is 133 cm³/mol. The van der Waals surface area contributed by atoms with Crippen LogP contribution in [0.4, 0.5) is 0 Å². The molecule has 3 N–H and O–H groups in total. The van der Waals surface area contributed by atoms with Gasteiger partial charge in [0.15, 0.2) is 5.78 Å². The van der Waals surface area contributed by atoms with E-state index in [0.717, 1.165) is 22.3 Å². The number of carbonyl (C=O) groups excluding carboxylic acids is 2. The number of hydrogen-bond donors (Lipinski definition) is 3. The van der Waals surface area contributed by atoms with Crippen molar-refractivity contribution in [3.8, 4) is 11.1 Å². The number of carbonyl (C=O) groups is 2. The van der Waals surface area contributed by atoms with Crippen LogP contribution in [0, 0.1) is 0 Å². The zero-order chi connectivity index (χ0) is 25.4. The van der Waals surface area contributed by atoms with E-state index in [4.69, 9.17) is 32.4 Å². The molecule has 0 aliphatic rings. The molecule has 1 aromatic heterocycles. The molecule has 2 aromatic carbocycles. The molecular weight excluding hydrogens is 493 g/mol. The summed E-state index contributed by atoms with van der Waals surface area (Å²) in [6.45, 7) is -0.220. The zero-order valence-electron chi connectivity index (χ0n) is 19.1. The molecule has 3 aromatic rings. The topological polar surface area (TPSA) is 109 Å². The van der Waals surface area contributed by atoms with Gasteiger partial charge in [0.2, 0.25) is 5.91 Å². The van der Waals surface area contributed by atoms with Crippen LogP contribution < -0.4 is 5.32 Å². The number of aliphatic hydroxyl groups excluding tert-OH is 2. The minimum atomic E-state index is -1.66. The van der Waals surface area contributed by atoms with Crippen molar-refractivity contribution in [2.24, 2.45) is 0 Å². The van der Waals surface area contributed by atoms with Gasteiger partial charge in [-0.1, -0.05) is 47.5 Å². The Hall–Kier alpha value is -2.68. The molecule has 1 amide bonds. The van der Waals surface area contributed by atoms with E-state index in [2.05, 4.69) is 5.32 Å². The first-order valence-corrected chi connectivity index (χ1v) is 11.8. The molecule has 0 fully saturated rings. The van der Waals surface area contributed by atoms with E-state index in [1.807, 2.05) is 24.3 Å². The van der Waals surface area contributed by atoms with Crippen LogP contribution in [0.5, 0.6) is 0 Å². The Labute approximate surface area is 213 Å². The van der Waals surface area contributed by atoms with E-state index in [1.165, 1.54) is 19.6 Å². The van der Waals surface area contributed by atoms with Crippen molar-refractivity contribution < 1.29 is 29.0 Å². The van der Waals surface area contributed by atoms with Gasteiger partial charge in [-0.15, -0.1) is 0 Å². The fourth-order valence-corrected chi connectivity index (χ4v) is 4.23. The summed E-state index contributed by atoms with van der Waals surface area (Å²) in [6, 6.07) is 13.4. The van der Waals surface area contributed by atoms with Crippen LogP contribution in [0.25, 0.3) is 11.1 Å². The molecule has 7 nitrogen and oxygen atoms in total. The van der Waals surface area contributed by atoms with Gasteiger partial charge in [-0.2, -0.15) is 0 Å². The summed E-state index contributed by atoms with van der Waals surface area (Å²) in [7, 11) is 1.38. The molecule has 0 saturated heterocycles. The first kappa shape index (κ1) is 26.9. The number of aliphatic hydroxyl groups is 2. The molecule has 0 spiro atoms. The van der Waals surface area contributed by atoms with E-state index in [-0.39, 0.29) is 19.4 Å². The van der Waals surface area contributed by atoms with Gasteiger partial charge in [0.1, 0.15) is 18.8 Å². The van der Waals surface area contributed by atoms with Gasteiger partial charge in [-0.05, 0) is 59.4 Å². The molecule has 0 saturated carbocycles. The third-order valence-electron chi connectivity index (χ3n) is 5.53. The summed E-state index contributed by atoms with van der Waals surface area (Å²) in [6.07, 6.45) is 0.409. The number of aryl methyl sites for hydroxylation is 1. The van der Waals surface area contributed by atoms with Crippen LogP contribution in [0.15, 0.2) is 65.5 Å². The summed E-state index contributed by atoms with van der Waals surface area (Å²) in [4.78, 5) is 24.7. The lowest BCUT2D eigenvalue weighted by Crippen LogP contribution is -2.52. The smallest absolute Gasteiger partial charge is 0.246 e. The van der Waals surface area contributed by atoms with Crippen LogP contribution in [0.1, 0.15) is 17.5 Å². The third-order valence-corrected chi connectivity index (χ3v) is 5.97. The SMILES string of the molecule is COCC(=O)N[C@@H](Cc1ccc(-c2cc(Cl)cc(Cl)c2)cc1)[C@H](O)[C@@H](O)C(=O)CCc1ccoc1. The second kappa shape index (κ2) is 12.9.